The third-order valence-corrected chi connectivity index (χ3v) is 1.10. The highest BCUT2D eigenvalue weighted by atomic mass is 16.7. The molecule has 0 fully saturated rings. The van der Waals surface area contributed by atoms with Gasteiger partial charge in [-0.15, -0.1) is 0 Å². The fraction of sp³-hybridized carbons (Fsp3) is 1.00. The first-order chi connectivity index (χ1) is 3.98. The molecule has 0 aliphatic rings. The van der Waals surface area contributed by atoms with E-state index in [-0.39, 0.29) is 0 Å². The monoisotopic (exact) mass is 135 g/mol. The van der Waals surface area contributed by atoms with Crippen LogP contribution in [0.5, 0.6) is 0 Å². The second-order valence-electron chi connectivity index (χ2n) is 2.08. The molecule has 56 valence electrons. The summed E-state index contributed by atoms with van der Waals surface area (Å²) in [7, 11) is 0. The normalized spacial score (nSPS) is 15.7. The quantitative estimate of drug-likeness (QED) is 0.364. The van der Waals surface area contributed by atoms with Crippen LogP contribution in [0.2, 0.25) is 0 Å². The molecule has 0 bridgehead atoms. The lowest BCUT2D eigenvalue weighted by Crippen LogP contribution is -2.47. The van der Waals surface area contributed by atoms with E-state index in [0.29, 0.717) is 12.8 Å². The average Bonchev–Trinajstić information content (AvgIpc) is 1.64. The molecule has 5 N–H and O–H groups in total. The predicted molar refractivity (Wildman–Crippen MR) is 32.3 cm³/mol. The van der Waals surface area contributed by atoms with E-state index >= 15 is 0 Å². The first kappa shape index (κ1) is 8.84. The van der Waals surface area contributed by atoms with E-state index in [9.17, 15) is 0 Å². The molecule has 0 aromatic carbocycles. The van der Waals surface area contributed by atoms with Gasteiger partial charge in [0, 0.05) is 0 Å². The van der Waals surface area contributed by atoms with Gasteiger partial charge in [0.25, 0.3) is 5.97 Å². The minimum absolute atomic E-state index is 0.392. The molecule has 0 amide bonds. The Morgan fingerprint density at radius 3 is 2.00 bits per heavy atom. The SMILES string of the molecule is CCCC(N)C(O)(O)O. The summed E-state index contributed by atoms with van der Waals surface area (Å²) in [4.78, 5) is 0. The number of aliphatic hydroxyl groups is 3. The molecule has 1 unspecified atom stereocenters. The van der Waals surface area contributed by atoms with Gasteiger partial charge in [0.2, 0.25) is 0 Å². The minimum atomic E-state index is -2.71. The molecule has 0 saturated heterocycles. The summed E-state index contributed by atoms with van der Waals surface area (Å²) in [6.45, 7) is 1.84. The molecule has 4 heteroatoms. The smallest absolute Gasteiger partial charge is 0.291 e. The second-order valence-corrected chi connectivity index (χ2v) is 2.08. The first-order valence-corrected chi connectivity index (χ1v) is 2.91. The Morgan fingerprint density at radius 1 is 1.44 bits per heavy atom. The van der Waals surface area contributed by atoms with Crippen LogP contribution in [-0.2, 0) is 0 Å². The molecule has 0 spiro atoms. The molecule has 0 heterocycles. The van der Waals surface area contributed by atoms with Crippen molar-refractivity contribution in [1.82, 2.24) is 0 Å². The summed E-state index contributed by atoms with van der Waals surface area (Å²) in [5.74, 6) is -2.71. The third kappa shape index (κ3) is 3.42. The Kier molecular flexibility index (Phi) is 3.07. The Hall–Kier alpha value is -0.160. The predicted octanol–water partition coefficient (Wildman–Crippen LogP) is -1.26. The van der Waals surface area contributed by atoms with E-state index in [1.54, 1.807) is 0 Å². The van der Waals surface area contributed by atoms with Gasteiger partial charge in [-0.05, 0) is 6.42 Å². The summed E-state index contributed by atoms with van der Waals surface area (Å²) in [5.41, 5.74) is 5.11. The largest absolute Gasteiger partial charge is 0.342 e. The van der Waals surface area contributed by atoms with Crippen LogP contribution in [0.4, 0.5) is 0 Å². The average molecular weight is 135 g/mol. The Morgan fingerprint density at radius 2 is 1.89 bits per heavy atom. The van der Waals surface area contributed by atoms with Crippen molar-refractivity contribution in [3.05, 3.63) is 0 Å². The Labute approximate surface area is 53.9 Å². The van der Waals surface area contributed by atoms with E-state index in [1.807, 2.05) is 6.92 Å². The topological polar surface area (TPSA) is 86.7 Å². The minimum Gasteiger partial charge on any atom is -0.342 e. The fourth-order valence-corrected chi connectivity index (χ4v) is 0.505. The van der Waals surface area contributed by atoms with Gasteiger partial charge in [-0.25, -0.2) is 0 Å². The van der Waals surface area contributed by atoms with E-state index < -0.39 is 12.0 Å². The van der Waals surface area contributed by atoms with Crippen molar-refractivity contribution < 1.29 is 15.3 Å². The van der Waals surface area contributed by atoms with E-state index in [0.717, 1.165) is 0 Å². The zero-order chi connectivity index (χ0) is 7.49. The molecule has 0 aliphatic carbocycles. The first-order valence-electron chi connectivity index (χ1n) is 2.91. The highest BCUT2D eigenvalue weighted by Crippen LogP contribution is 2.04. The van der Waals surface area contributed by atoms with Crippen molar-refractivity contribution in [3.63, 3.8) is 0 Å². The van der Waals surface area contributed by atoms with Crippen molar-refractivity contribution in [2.24, 2.45) is 5.73 Å². The lowest BCUT2D eigenvalue weighted by Gasteiger charge is -2.20. The molecule has 4 nitrogen and oxygen atoms in total. The van der Waals surface area contributed by atoms with Crippen LogP contribution < -0.4 is 5.73 Å². The molecule has 0 rings (SSSR count). The molecule has 0 aliphatic heterocycles. The van der Waals surface area contributed by atoms with E-state index in [4.69, 9.17) is 21.1 Å². The van der Waals surface area contributed by atoms with Crippen LogP contribution in [0.25, 0.3) is 0 Å². The second kappa shape index (κ2) is 3.12. The van der Waals surface area contributed by atoms with Crippen LogP contribution in [-0.4, -0.2) is 27.3 Å². The van der Waals surface area contributed by atoms with Crippen molar-refractivity contribution >= 4 is 0 Å². The zero-order valence-corrected chi connectivity index (χ0v) is 5.41. The molecule has 0 aromatic heterocycles. The van der Waals surface area contributed by atoms with Gasteiger partial charge in [0.15, 0.2) is 0 Å². The van der Waals surface area contributed by atoms with Crippen LogP contribution in [0, 0.1) is 0 Å². The number of nitrogens with two attached hydrogens (primary N) is 1. The molecular formula is C5H13NO3. The summed E-state index contributed by atoms with van der Waals surface area (Å²) in [6.07, 6.45) is 1.11. The van der Waals surface area contributed by atoms with Gasteiger partial charge in [-0.1, -0.05) is 13.3 Å². The van der Waals surface area contributed by atoms with Crippen molar-refractivity contribution in [3.8, 4) is 0 Å². The van der Waals surface area contributed by atoms with Gasteiger partial charge in [-0.3, -0.25) is 0 Å². The summed E-state index contributed by atoms with van der Waals surface area (Å²) < 4.78 is 0. The van der Waals surface area contributed by atoms with Crippen molar-refractivity contribution in [1.29, 1.82) is 0 Å². The molecular weight excluding hydrogens is 122 g/mol. The van der Waals surface area contributed by atoms with Gasteiger partial charge >= 0.3 is 0 Å². The van der Waals surface area contributed by atoms with Crippen molar-refractivity contribution in [2.75, 3.05) is 0 Å². The fourth-order valence-electron chi connectivity index (χ4n) is 0.505. The lowest BCUT2D eigenvalue weighted by molar-refractivity contribution is -0.323. The van der Waals surface area contributed by atoms with Crippen LogP contribution >= 0.6 is 0 Å². The highest BCUT2D eigenvalue weighted by Gasteiger charge is 2.27. The number of rotatable bonds is 3. The third-order valence-electron chi connectivity index (χ3n) is 1.10. The van der Waals surface area contributed by atoms with Crippen LogP contribution in [0.1, 0.15) is 19.8 Å². The molecule has 0 aromatic rings. The maximum atomic E-state index is 8.40. The molecule has 9 heavy (non-hydrogen) atoms. The summed E-state index contributed by atoms with van der Waals surface area (Å²) in [5, 5.41) is 25.2. The zero-order valence-electron chi connectivity index (χ0n) is 5.41. The maximum Gasteiger partial charge on any atom is 0.291 e. The maximum absolute atomic E-state index is 8.40. The van der Waals surface area contributed by atoms with Crippen LogP contribution in [0.15, 0.2) is 0 Å². The summed E-state index contributed by atoms with van der Waals surface area (Å²) >= 11 is 0. The number of hydrogen-bond donors (Lipinski definition) is 4. The van der Waals surface area contributed by atoms with Crippen LogP contribution in [0.3, 0.4) is 0 Å². The summed E-state index contributed by atoms with van der Waals surface area (Å²) in [6, 6.07) is -0.970. The Bertz CT molecular complexity index is 78.8. The molecule has 0 radical (unpaired) electrons. The van der Waals surface area contributed by atoms with Gasteiger partial charge in [0.05, 0.1) is 6.04 Å². The van der Waals surface area contributed by atoms with Crippen molar-refractivity contribution in [2.45, 2.75) is 31.8 Å². The van der Waals surface area contributed by atoms with Gasteiger partial charge < -0.3 is 21.1 Å². The Balaban J connectivity index is 3.59. The highest BCUT2D eigenvalue weighted by molar-refractivity contribution is 4.66. The van der Waals surface area contributed by atoms with E-state index in [2.05, 4.69) is 0 Å². The van der Waals surface area contributed by atoms with Gasteiger partial charge in [0.1, 0.15) is 0 Å². The lowest BCUT2D eigenvalue weighted by atomic mass is 10.1. The van der Waals surface area contributed by atoms with E-state index in [1.165, 1.54) is 0 Å². The number of hydrogen-bond acceptors (Lipinski definition) is 4. The standard InChI is InChI=1S/C5H13NO3/c1-2-3-4(6)5(7,8)9/h4,7-9H,2-3,6H2,1H3. The van der Waals surface area contributed by atoms with Gasteiger partial charge in [-0.2, -0.15) is 0 Å². The molecule has 1 atom stereocenters. The molecule has 0 saturated carbocycles.